The van der Waals surface area contributed by atoms with Crippen molar-refractivity contribution in [2.45, 2.75) is 96.9 Å². The minimum atomic E-state index is -0.736. The van der Waals surface area contributed by atoms with Gasteiger partial charge in [-0.2, -0.15) is 0 Å². The van der Waals surface area contributed by atoms with Crippen molar-refractivity contribution in [2.24, 2.45) is 17.3 Å². The Morgan fingerprint density at radius 3 is 2.19 bits per heavy atom. The van der Waals surface area contributed by atoms with Gasteiger partial charge < -0.3 is 15.1 Å². The lowest BCUT2D eigenvalue weighted by molar-refractivity contribution is -0.152. The third-order valence-corrected chi connectivity index (χ3v) is 9.28. The van der Waals surface area contributed by atoms with Gasteiger partial charge in [0.05, 0.1) is 5.92 Å². The van der Waals surface area contributed by atoms with Crippen molar-refractivity contribution >= 4 is 11.9 Å². The first-order valence-electron chi connectivity index (χ1n) is 12.2. The molecule has 2 atom stereocenters. The van der Waals surface area contributed by atoms with Crippen LogP contribution in [0, 0.1) is 17.3 Å². The second kappa shape index (κ2) is 7.50. The number of hydrogen-bond acceptors (Lipinski definition) is 3. The Morgan fingerprint density at radius 1 is 1.03 bits per heavy atom. The second-order valence-corrected chi connectivity index (χ2v) is 12.2. The minimum absolute atomic E-state index is 0.0274. The van der Waals surface area contributed by atoms with Crippen molar-refractivity contribution < 1.29 is 19.8 Å². The molecule has 2 N–H and O–H groups in total. The monoisotopic (exact) mass is 441 g/mol. The maximum atomic E-state index is 13.7. The molecule has 1 aromatic carbocycles. The molecule has 32 heavy (non-hydrogen) atoms. The zero-order valence-corrected chi connectivity index (χ0v) is 20.5. The summed E-state index contributed by atoms with van der Waals surface area (Å²) in [4.78, 5) is 27.1. The van der Waals surface area contributed by atoms with Gasteiger partial charge >= 0.3 is 5.97 Å². The van der Waals surface area contributed by atoms with E-state index in [9.17, 15) is 19.8 Å². The number of likely N-dealkylation sites (tertiary alicyclic amines) is 1. The molecule has 0 unspecified atom stereocenters. The SMILES string of the molecule is CC(C)(C)c1ccc2c(c1O)C[C@H]1N(C(=O)C3CCC(C(=O)O)CC3)CC[C@]2(C)C1(C)C. The fourth-order valence-electron chi connectivity index (χ4n) is 6.67. The number of carbonyl (C=O) groups is 2. The molecule has 3 aliphatic rings. The molecule has 176 valence electrons. The van der Waals surface area contributed by atoms with E-state index >= 15 is 0 Å². The lowest BCUT2D eigenvalue weighted by atomic mass is 9.50. The number of phenols is 1. The van der Waals surface area contributed by atoms with Crippen LogP contribution in [0.3, 0.4) is 0 Å². The van der Waals surface area contributed by atoms with Crippen LogP contribution in [0.4, 0.5) is 0 Å². The van der Waals surface area contributed by atoms with E-state index in [1.165, 1.54) is 5.56 Å². The van der Waals surface area contributed by atoms with E-state index in [4.69, 9.17) is 0 Å². The molecule has 0 radical (unpaired) electrons. The van der Waals surface area contributed by atoms with Crippen LogP contribution >= 0.6 is 0 Å². The van der Waals surface area contributed by atoms with Gasteiger partial charge in [0.2, 0.25) is 5.91 Å². The molecule has 1 saturated carbocycles. The summed E-state index contributed by atoms with van der Waals surface area (Å²) in [5, 5.41) is 20.6. The van der Waals surface area contributed by atoms with Gasteiger partial charge in [0.1, 0.15) is 5.75 Å². The molecular formula is C27H39NO4. The summed E-state index contributed by atoms with van der Waals surface area (Å²) >= 11 is 0. The molecule has 1 amide bonds. The fourth-order valence-corrected chi connectivity index (χ4v) is 6.67. The van der Waals surface area contributed by atoms with Crippen molar-refractivity contribution in [2.75, 3.05) is 6.54 Å². The molecule has 5 heteroatoms. The maximum Gasteiger partial charge on any atom is 0.306 e. The van der Waals surface area contributed by atoms with Crippen molar-refractivity contribution in [3.8, 4) is 5.75 Å². The average Bonchev–Trinajstić information content (AvgIpc) is 2.70. The molecule has 4 rings (SSSR count). The molecule has 1 heterocycles. The summed E-state index contributed by atoms with van der Waals surface area (Å²) in [7, 11) is 0. The Morgan fingerprint density at radius 2 is 1.62 bits per heavy atom. The Bertz CT molecular complexity index is 936. The van der Waals surface area contributed by atoms with Crippen molar-refractivity contribution in [3.63, 3.8) is 0 Å². The quantitative estimate of drug-likeness (QED) is 0.675. The van der Waals surface area contributed by atoms with Crippen LogP contribution in [0.1, 0.15) is 90.3 Å². The number of phenolic OH excluding ortho intramolecular Hbond substituents is 1. The van der Waals surface area contributed by atoms with Gasteiger partial charge in [0.15, 0.2) is 0 Å². The number of piperidine rings is 1. The predicted octanol–water partition coefficient (Wildman–Crippen LogP) is 5.02. The number of aliphatic carboxylic acids is 1. The van der Waals surface area contributed by atoms with Crippen LogP contribution < -0.4 is 0 Å². The Labute approximate surface area is 192 Å². The van der Waals surface area contributed by atoms with Gasteiger partial charge in [-0.15, -0.1) is 0 Å². The van der Waals surface area contributed by atoms with E-state index in [0.717, 1.165) is 24.1 Å². The van der Waals surface area contributed by atoms with Crippen LogP contribution in [0.2, 0.25) is 0 Å². The first-order valence-corrected chi connectivity index (χ1v) is 12.2. The fraction of sp³-hybridized carbons (Fsp3) is 0.704. The van der Waals surface area contributed by atoms with E-state index in [-0.39, 0.29) is 40.0 Å². The number of fused-ring (bicyclic) bond motifs is 4. The first-order chi connectivity index (χ1) is 14.8. The Kier molecular flexibility index (Phi) is 5.42. The first kappa shape index (κ1) is 23.1. The Balaban J connectivity index is 1.67. The van der Waals surface area contributed by atoms with Crippen LogP contribution in [0.5, 0.6) is 5.75 Å². The van der Waals surface area contributed by atoms with Crippen molar-refractivity contribution in [1.29, 1.82) is 0 Å². The highest BCUT2D eigenvalue weighted by atomic mass is 16.4. The molecule has 5 nitrogen and oxygen atoms in total. The molecular weight excluding hydrogens is 402 g/mol. The number of hydrogen-bond donors (Lipinski definition) is 2. The number of nitrogens with zero attached hydrogens (tertiary/aromatic N) is 1. The number of amides is 1. The molecule has 1 aromatic rings. The largest absolute Gasteiger partial charge is 0.507 e. The second-order valence-electron chi connectivity index (χ2n) is 12.2. The van der Waals surface area contributed by atoms with Gasteiger partial charge in [0.25, 0.3) is 0 Å². The number of benzene rings is 1. The van der Waals surface area contributed by atoms with Crippen LogP contribution in [0.15, 0.2) is 12.1 Å². The normalized spacial score (nSPS) is 31.7. The van der Waals surface area contributed by atoms with Crippen molar-refractivity contribution in [3.05, 3.63) is 28.8 Å². The van der Waals surface area contributed by atoms with E-state index in [1.54, 1.807) is 0 Å². The molecule has 2 aliphatic carbocycles. The number of carboxylic acid groups (broad SMARTS) is 1. The molecule has 2 bridgehead atoms. The van der Waals surface area contributed by atoms with Crippen LogP contribution in [0.25, 0.3) is 0 Å². The summed E-state index contributed by atoms with van der Waals surface area (Å²) in [5.41, 5.74) is 2.82. The topological polar surface area (TPSA) is 77.8 Å². The highest BCUT2D eigenvalue weighted by molar-refractivity contribution is 5.80. The summed E-state index contributed by atoms with van der Waals surface area (Å²) in [6.45, 7) is 13.9. The van der Waals surface area contributed by atoms with E-state index < -0.39 is 5.97 Å². The highest BCUT2D eigenvalue weighted by Crippen LogP contribution is 2.58. The zero-order chi connectivity index (χ0) is 23.6. The standard InChI is InChI=1S/C27H39NO4/c1-25(2,3)20-12-11-19-18(22(20)29)15-21-26(4,5)27(19,6)13-14-28(21)23(30)16-7-9-17(10-8-16)24(31)32/h11-12,16-17,21,29H,7-10,13-15H2,1-6H3,(H,31,32)/t16?,17?,21-,27+/m1/s1. The van der Waals surface area contributed by atoms with Gasteiger partial charge in [-0.25, -0.2) is 0 Å². The van der Waals surface area contributed by atoms with E-state index in [2.05, 4.69) is 58.6 Å². The molecule has 0 aromatic heterocycles. The van der Waals surface area contributed by atoms with E-state index in [0.29, 0.717) is 37.9 Å². The van der Waals surface area contributed by atoms with Crippen LogP contribution in [-0.2, 0) is 26.8 Å². The number of carbonyl (C=O) groups excluding carboxylic acids is 1. The minimum Gasteiger partial charge on any atom is -0.507 e. The number of rotatable bonds is 2. The number of aromatic hydroxyl groups is 1. The molecule has 2 fully saturated rings. The smallest absolute Gasteiger partial charge is 0.306 e. The molecule has 1 aliphatic heterocycles. The van der Waals surface area contributed by atoms with Gasteiger partial charge in [-0.1, -0.05) is 53.7 Å². The average molecular weight is 442 g/mol. The van der Waals surface area contributed by atoms with Crippen LogP contribution in [-0.4, -0.2) is 39.6 Å². The summed E-state index contributed by atoms with van der Waals surface area (Å²) in [5.74, 6) is -0.544. The summed E-state index contributed by atoms with van der Waals surface area (Å²) in [6, 6.07) is 4.34. The molecule has 1 saturated heterocycles. The maximum absolute atomic E-state index is 13.7. The van der Waals surface area contributed by atoms with E-state index in [1.807, 2.05) is 0 Å². The van der Waals surface area contributed by atoms with Gasteiger partial charge in [-0.05, 0) is 66.0 Å². The Hall–Kier alpha value is -2.04. The predicted molar refractivity (Wildman–Crippen MR) is 125 cm³/mol. The lowest BCUT2D eigenvalue weighted by Gasteiger charge is -2.61. The zero-order valence-electron chi connectivity index (χ0n) is 20.5. The summed E-state index contributed by atoms with van der Waals surface area (Å²) < 4.78 is 0. The lowest BCUT2D eigenvalue weighted by Crippen LogP contribution is -2.65. The molecule has 0 spiro atoms. The third-order valence-electron chi connectivity index (χ3n) is 9.28. The van der Waals surface area contributed by atoms with Crippen molar-refractivity contribution in [1.82, 2.24) is 4.90 Å². The highest BCUT2D eigenvalue weighted by Gasteiger charge is 2.58. The number of carboxylic acids is 1. The van der Waals surface area contributed by atoms with Gasteiger partial charge in [0, 0.05) is 23.9 Å². The summed E-state index contributed by atoms with van der Waals surface area (Å²) in [6.07, 6.45) is 4.03. The van der Waals surface area contributed by atoms with Gasteiger partial charge in [-0.3, -0.25) is 9.59 Å². The third kappa shape index (κ3) is 3.34.